The summed E-state index contributed by atoms with van der Waals surface area (Å²) < 4.78 is 15.4. The van der Waals surface area contributed by atoms with Crippen LogP contribution in [-0.4, -0.2) is 24.3 Å². The number of carbonyl (C=O) groups excluding carboxylic acids is 2. The summed E-state index contributed by atoms with van der Waals surface area (Å²) in [6.45, 7) is 0.175. The summed E-state index contributed by atoms with van der Waals surface area (Å²) in [6.07, 6.45) is 12.1. The summed E-state index contributed by atoms with van der Waals surface area (Å²) in [5.74, 6) is 1.91. The van der Waals surface area contributed by atoms with Crippen molar-refractivity contribution >= 4 is 29.7 Å². The molecule has 0 unspecified atom stereocenters. The van der Waals surface area contributed by atoms with Crippen LogP contribution in [0, 0.1) is 11.7 Å². The molecule has 1 saturated carbocycles. The van der Waals surface area contributed by atoms with Crippen molar-refractivity contribution in [2.45, 2.75) is 38.6 Å². The fraction of sp³-hybridized carbons (Fsp3) is 0.267. The van der Waals surface area contributed by atoms with Crippen LogP contribution >= 0.6 is 0 Å². The number of hydrogen-bond donors (Lipinski definition) is 1. The van der Waals surface area contributed by atoms with Gasteiger partial charge in [-0.05, 0) is 59.9 Å². The van der Waals surface area contributed by atoms with Gasteiger partial charge in [-0.25, -0.2) is 9.18 Å². The van der Waals surface area contributed by atoms with Gasteiger partial charge in [0.2, 0.25) is 0 Å². The Hall–Kier alpha value is -4.02. The third kappa shape index (κ3) is 5.96. The zero-order valence-corrected chi connectivity index (χ0v) is 20.4. The molecule has 0 bridgehead atoms. The van der Waals surface area contributed by atoms with Crippen molar-refractivity contribution in [1.82, 2.24) is 4.98 Å². The number of pyridine rings is 1. The number of allylic oxidation sites excluding steroid dienone is 2. The molecule has 0 aliphatic heterocycles. The average Bonchev–Trinajstić information content (AvgIpc) is 2.93. The van der Waals surface area contributed by atoms with Gasteiger partial charge >= 0.3 is 0 Å². The van der Waals surface area contributed by atoms with Crippen LogP contribution in [0.3, 0.4) is 0 Å². The molecule has 1 aromatic heterocycles. The first-order valence-electron chi connectivity index (χ1n) is 12.3. The van der Waals surface area contributed by atoms with E-state index in [1.165, 1.54) is 12.1 Å². The molecule has 0 saturated heterocycles. The van der Waals surface area contributed by atoms with Gasteiger partial charge in [-0.3, -0.25) is 9.78 Å². The van der Waals surface area contributed by atoms with Crippen molar-refractivity contribution in [3.05, 3.63) is 89.6 Å². The van der Waals surface area contributed by atoms with Gasteiger partial charge in [0.25, 0.3) is 0 Å². The van der Waals surface area contributed by atoms with Gasteiger partial charge in [0.05, 0.1) is 18.4 Å². The standard InChI is InChI=1S/C30H30FN3O2/c1-32-27-13-11-23(12-14-27)25-9-10-26(29(31)17-25)20-34(30(21-36)24-7-3-2-4-8-24)28-16-22(6-5-15-35)18-33-19-28/h5-6,9-19,24,32H,2-4,7-8,20H2,1H3/b6-5+. The molecule has 2 aromatic carbocycles. The second kappa shape index (κ2) is 12.1. The molecule has 1 aliphatic rings. The minimum atomic E-state index is -0.339. The maximum absolute atomic E-state index is 15.4. The summed E-state index contributed by atoms with van der Waals surface area (Å²) in [5, 5.41) is 3.08. The number of halogens is 1. The Morgan fingerprint density at radius 2 is 1.83 bits per heavy atom. The molecule has 0 amide bonds. The topological polar surface area (TPSA) is 62.3 Å². The number of carbonyl (C=O) groups is 1. The van der Waals surface area contributed by atoms with E-state index in [1.54, 1.807) is 24.5 Å². The van der Waals surface area contributed by atoms with Crippen LogP contribution in [0.25, 0.3) is 17.2 Å². The number of hydrogen-bond acceptors (Lipinski definition) is 5. The van der Waals surface area contributed by atoms with Gasteiger partial charge in [0, 0.05) is 30.4 Å². The first-order valence-corrected chi connectivity index (χ1v) is 12.3. The predicted octanol–water partition coefficient (Wildman–Crippen LogP) is 6.44. The summed E-state index contributed by atoms with van der Waals surface area (Å²) in [4.78, 5) is 29.2. The Kier molecular flexibility index (Phi) is 8.43. The maximum Gasteiger partial charge on any atom is 0.146 e. The quantitative estimate of drug-likeness (QED) is 0.215. The summed E-state index contributed by atoms with van der Waals surface area (Å²) in [7, 11) is 1.86. The van der Waals surface area contributed by atoms with E-state index < -0.39 is 0 Å². The number of rotatable bonds is 9. The average molecular weight is 484 g/mol. The predicted molar refractivity (Wildman–Crippen MR) is 143 cm³/mol. The first kappa shape index (κ1) is 25.1. The Morgan fingerprint density at radius 3 is 2.50 bits per heavy atom. The molecule has 0 atom stereocenters. The van der Waals surface area contributed by atoms with Crippen LogP contribution < -0.4 is 10.2 Å². The highest BCUT2D eigenvalue weighted by Gasteiger charge is 2.26. The molecule has 1 fully saturated rings. The van der Waals surface area contributed by atoms with Crippen molar-refractivity contribution in [2.24, 2.45) is 5.92 Å². The highest BCUT2D eigenvalue weighted by atomic mass is 19.1. The number of nitrogens with one attached hydrogen (secondary N) is 1. The Bertz CT molecular complexity index is 1270. The van der Waals surface area contributed by atoms with Gasteiger partial charge in [0.15, 0.2) is 0 Å². The maximum atomic E-state index is 15.4. The number of nitrogens with zero attached hydrogens (tertiary/aromatic N) is 2. The van der Waals surface area contributed by atoms with Crippen molar-refractivity contribution in [1.29, 1.82) is 0 Å². The van der Waals surface area contributed by atoms with Crippen LogP contribution in [0.15, 0.2) is 72.7 Å². The number of benzene rings is 2. The van der Waals surface area contributed by atoms with E-state index in [1.807, 2.05) is 48.3 Å². The minimum Gasteiger partial charge on any atom is -0.388 e. The van der Waals surface area contributed by atoms with E-state index >= 15 is 4.39 Å². The highest BCUT2D eigenvalue weighted by molar-refractivity contribution is 5.75. The molecule has 1 heterocycles. The molecule has 184 valence electrons. The molecule has 3 aromatic rings. The normalized spacial score (nSPS) is 13.8. The third-order valence-electron chi connectivity index (χ3n) is 6.70. The molecular formula is C30H30FN3O2. The second-order valence-corrected chi connectivity index (χ2v) is 9.01. The van der Waals surface area contributed by atoms with Crippen LogP contribution in [0.5, 0.6) is 0 Å². The van der Waals surface area contributed by atoms with E-state index in [0.29, 0.717) is 23.2 Å². The molecule has 0 spiro atoms. The zero-order chi connectivity index (χ0) is 25.3. The lowest BCUT2D eigenvalue weighted by molar-refractivity contribution is -0.104. The van der Waals surface area contributed by atoms with E-state index in [-0.39, 0.29) is 18.3 Å². The number of aldehydes is 1. The summed E-state index contributed by atoms with van der Waals surface area (Å²) in [6, 6.07) is 14.9. The Labute approximate surface area is 211 Å². The molecule has 1 N–H and O–H groups in total. The van der Waals surface area contributed by atoms with Gasteiger partial charge in [-0.15, -0.1) is 0 Å². The molecule has 6 heteroatoms. The Balaban J connectivity index is 1.68. The fourth-order valence-corrected chi connectivity index (χ4v) is 4.74. The van der Waals surface area contributed by atoms with Crippen molar-refractivity contribution in [2.75, 3.05) is 17.3 Å². The smallest absolute Gasteiger partial charge is 0.146 e. The van der Waals surface area contributed by atoms with Crippen molar-refractivity contribution in [3.63, 3.8) is 0 Å². The van der Waals surface area contributed by atoms with Crippen LogP contribution in [0.2, 0.25) is 0 Å². The SMILES string of the molecule is CNc1ccc(-c2ccc(CN(C(=C=O)C3CCCCC3)c3cncc(/C=C/C=O)c3)c(F)c2)cc1. The third-order valence-corrected chi connectivity index (χ3v) is 6.70. The van der Waals surface area contributed by atoms with Gasteiger partial charge in [-0.2, -0.15) is 0 Å². The van der Waals surface area contributed by atoms with Crippen molar-refractivity contribution < 1.29 is 14.0 Å². The lowest BCUT2D eigenvalue weighted by Gasteiger charge is -2.32. The number of aromatic nitrogens is 1. The summed E-state index contributed by atoms with van der Waals surface area (Å²) in [5.41, 5.74) is 5.08. The van der Waals surface area contributed by atoms with Crippen LogP contribution in [0.1, 0.15) is 43.2 Å². The minimum absolute atomic E-state index is 0.0680. The lowest BCUT2D eigenvalue weighted by Crippen LogP contribution is -2.29. The first-order chi connectivity index (χ1) is 17.6. The van der Waals surface area contributed by atoms with Crippen LogP contribution in [-0.2, 0) is 16.1 Å². The molecule has 36 heavy (non-hydrogen) atoms. The van der Waals surface area contributed by atoms with E-state index in [0.717, 1.165) is 54.5 Å². The van der Waals surface area contributed by atoms with Gasteiger partial charge in [0.1, 0.15) is 23.7 Å². The monoisotopic (exact) mass is 483 g/mol. The second-order valence-electron chi connectivity index (χ2n) is 9.01. The molecule has 5 nitrogen and oxygen atoms in total. The Morgan fingerprint density at radius 1 is 1.08 bits per heavy atom. The van der Waals surface area contributed by atoms with E-state index in [9.17, 15) is 9.59 Å². The molecule has 0 radical (unpaired) electrons. The zero-order valence-electron chi connectivity index (χ0n) is 20.4. The summed E-state index contributed by atoms with van der Waals surface area (Å²) >= 11 is 0. The van der Waals surface area contributed by atoms with Gasteiger partial charge < -0.3 is 10.2 Å². The van der Waals surface area contributed by atoms with Crippen LogP contribution in [0.4, 0.5) is 15.8 Å². The lowest BCUT2D eigenvalue weighted by atomic mass is 9.86. The largest absolute Gasteiger partial charge is 0.388 e. The molecular weight excluding hydrogens is 453 g/mol. The van der Waals surface area contributed by atoms with Crippen molar-refractivity contribution in [3.8, 4) is 11.1 Å². The number of anilines is 2. The highest BCUT2D eigenvalue weighted by Crippen LogP contribution is 2.34. The molecule has 1 aliphatic carbocycles. The molecule has 4 rings (SSSR count). The van der Waals surface area contributed by atoms with E-state index in [4.69, 9.17) is 0 Å². The van der Waals surface area contributed by atoms with Gasteiger partial charge in [-0.1, -0.05) is 49.6 Å². The fourth-order valence-electron chi connectivity index (χ4n) is 4.74. The van der Waals surface area contributed by atoms with E-state index in [2.05, 4.69) is 16.2 Å².